The zero-order valence-electron chi connectivity index (χ0n) is 7.79. The van der Waals surface area contributed by atoms with Crippen LogP contribution in [0.4, 0.5) is 4.39 Å². The first kappa shape index (κ1) is 8.94. The van der Waals surface area contributed by atoms with Crippen molar-refractivity contribution in [1.29, 1.82) is 0 Å². The molecule has 0 unspecified atom stereocenters. The highest BCUT2D eigenvalue weighted by Crippen LogP contribution is 2.22. The Balaban J connectivity index is 2.73. The van der Waals surface area contributed by atoms with Crippen molar-refractivity contribution in [1.82, 2.24) is 4.98 Å². The molecule has 0 amide bonds. The number of benzene rings is 1. The van der Waals surface area contributed by atoms with Gasteiger partial charge < -0.3 is 5.11 Å². The van der Waals surface area contributed by atoms with E-state index in [0.717, 1.165) is 5.39 Å². The number of aryl methyl sites for hydroxylation is 1. The lowest BCUT2D eigenvalue weighted by molar-refractivity contribution is 0.466. The third-order valence-corrected chi connectivity index (χ3v) is 2.17. The molecule has 1 heterocycles. The first-order valence-corrected chi connectivity index (χ1v) is 4.49. The van der Waals surface area contributed by atoms with Gasteiger partial charge in [-0.2, -0.15) is 0 Å². The molecule has 0 atom stereocenters. The van der Waals surface area contributed by atoms with Crippen LogP contribution in [0.3, 0.4) is 0 Å². The highest BCUT2D eigenvalue weighted by molar-refractivity contribution is 5.80. The van der Waals surface area contributed by atoms with Gasteiger partial charge in [-0.3, -0.25) is 0 Å². The third kappa shape index (κ3) is 1.41. The summed E-state index contributed by atoms with van der Waals surface area (Å²) in [5.74, 6) is -0.135. The van der Waals surface area contributed by atoms with E-state index in [-0.39, 0.29) is 11.6 Å². The Bertz CT molecular complexity index is 482. The van der Waals surface area contributed by atoms with Crippen LogP contribution in [0.1, 0.15) is 12.6 Å². The topological polar surface area (TPSA) is 33.1 Å². The molecule has 14 heavy (non-hydrogen) atoms. The van der Waals surface area contributed by atoms with E-state index in [2.05, 4.69) is 4.98 Å². The molecule has 2 rings (SSSR count). The largest absolute Gasteiger partial charge is 0.506 e. The SMILES string of the molecule is CCc1nc2cc(F)ccc2cc1O. The molecule has 3 heteroatoms. The van der Waals surface area contributed by atoms with E-state index < -0.39 is 0 Å². The Morgan fingerprint density at radius 3 is 2.86 bits per heavy atom. The lowest BCUT2D eigenvalue weighted by Crippen LogP contribution is -1.89. The van der Waals surface area contributed by atoms with Crippen molar-refractivity contribution in [2.45, 2.75) is 13.3 Å². The van der Waals surface area contributed by atoms with Gasteiger partial charge in [-0.15, -0.1) is 0 Å². The van der Waals surface area contributed by atoms with Crippen LogP contribution in [0.25, 0.3) is 10.9 Å². The van der Waals surface area contributed by atoms with E-state index in [1.807, 2.05) is 6.92 Å². The van der Waals surface area contributed by atoms with Crippen LogP contribution in [0.5, 0.6) is 5.75 Å². The summed E-state index contributed by atoms with van der Waals surface area (Å²) < 4.78 is 12.9. The zero-order valence-corrected chi connectivity index (χ0v) is 7.79. The molecule has 1 aromatic heterocycles. The van der Waals surface area contributed by atoms with Gasteiger partial charge in [-0.25, -0.2) is 9.37 Å². The minimum Gasteiger partial charge on any atom is -0.506 e. The summed E-state index contributed by atoms with van der Waals surface area (Å²) in [7, 11) is 0. The number of fused-ring (bicyclic) bond motifs is 1. The third-order valence-electron chi connectivity index (χ3n) is 2.17. The molecular formula is C11H10FNO. The van der Waals surface area contributed by atoms with Crippen molar-refractivity contribution >= 4 is 10.9 Å². The second-order valence-electron chi connectivity index (χ2n) is 3.14. The second kappa shape index (κ2) is 3.25. The van der Waals surface area contributed by atoms with Crippen LogP contribution in [0, 0.1) is 5.82 Å². The number of hydrogen-bond donors (Lipinski definition) is 1. The highest BCUT2D eigenvalue weighted by Gasteiger charge is 2.04. The van der Waals surface area contributed by atoms with Crippen LogP contribution in [-0.4, -0.2) is 10.1 Å². The Morgan fingerprint density at radius 2 is 2.14 bits per heavy atom. The van der Waals surface area contributed by atoms with E-state index >= 15 is 0 Å². The fourth-order valence-corrected chi connectivity index (χ4v) is 1.43. The number of hydrogen-bond acceptors (Lipinski definition) is 2. The van der Waals surface area contributed by atoms with Gasteiger partial charge in [0.25, 0.3) is 0 Å². The first-order valence-electron chi connectivity index (χ1n) is 4.49. The molecule has 0 saturated heterocycles. The van der Waals surface area contributed by atoms with Crippen molar-refractivity contribution in [2.24, 2.45) is 0 Å². The van der Waals surface area contributed by atoms with Crippen molar-refractivity contribution in [3.8, 4) is 5.75 Å². The van der Waals surface area contributed by atoms with Crippen molar-refractivity contribution < 1.29 is 9.50 Å². The molecule has 72 valence electrons. The molecule has 0 aliphatic carbocycles. The normalized spacial score (nSPS) is 10.7. The molecule has 0 bridgehead atoms. The van der Waals surface area contributed by atoms with Crippen LogP contribution in [0.2, 0.25) is 0 Å². The molecule has 1 aromatic carbocycles. The summed E-state index contributed by atoms with van der Waals surface area (Å²) in [5, 5.41) is 10.3. The van der Waals surface area contributed by atoms with Gasteiger partial charge in [0.2, 0.25) is 0 Å². The van der Waals surface area contributed by atoms with Gasteiger partial charge >= 0.3 is 0 Å². The average Bonchev–Trinajstić information content (AvgIpc) is 2.17. The summed E-state index contributed by atoms with van der Waals surface area (Å²) in [4.78, 5) is 4.16. The van der Waals surface area contributed by atoms with Gasteiger partial charge in [-0.05, 0) is 24.6 Å². The van der Waals surface area contributed by atoms with E-state index in [0.29, 0.717) is 17.6 Å². The van der Waals surface area contributed by atoms with Crippen molar-refractivity contribution in [3.05, 3.63) is 35.8 Å². The fourth-order valence-electron chi connectivity index (χ4n) is 1.43. The summed E-state index contributed by atoms with van der Waals surface area (Å²) in [6, 6.07) is 5.94. The monoisotopic (exact) mass is 191 g/mol. The van der Waals surface area contributed by atoms with Crippen molar-refractivity contribution in [3.63, 3.8) is 0 Å². The number of aromatic hydroxyl groups is 1. The molecule has 0 fully saturated rings. The van der Waals surface area contributed by atoms with Crippen LogP contribution >= 0.6 is 0 Å². The summed E-state index contributed by atoms with van der Waals surface area (Å²) >= 11 is 0. The summed E-state index contributed by atoms with van der Waals surface area (Å²) in [6.07, 6.45) is 0.637. The van der Waals surface area contributed by atoms with E-state index in [1.165, 1.54) is 12.1 Å². The van der Waals surface area contributed by atoms with Crippen LogP contribution in [0.15, 0.2) is 24.3 Å². The predicted octanol–water partition coefficient (Wildman–Crippen LogP) is 2.64. The number of halogens is 1. The maximum absolute atomic E-state index is 12.9. The molecule has 2 aromatic rings. The number of nitrogens with zero attached hydrogens (tertiary/aromatic N) is 1. The van der Waals surface area contributed by atoms with Crippen molar-refractivity contribution in [2.75, 3.05) is 0 Å². The Kier molecular flexibility index (Phi) is 2.08. The average molecular weight is 191 g/mol. The molecular weight excluding hydrogens is 181 g/mol. The first-order chi connectivity index (χ1) is 6.70. The standard InChI is InChI=1S/C11H10FNO/c1-2-9-11(14)5-7-3-4-8(12)6-10(7)13-9/h3-6,14H,2H2,1H3. The van der Waals surface area contributed by atoms with Gasteiger partial charge in [-0.1, -0.05) is 6.92 Å². The highest BCUT2D eigenvalue weighted by atomic mass is 19.1. The second-order valence-corrected chi connectivity index (χ2v) is 3.14. The number of pyridine rings is 1. The van der Waals surface area contributed by atoms with E-state index in [1.54, 1.807) is 12.1 Å². The summed E-state index contributed by atoms with van der Waals surface area (Å²) in [6.45, 7) is 1.90. The summed E-state index contributed by atoms with van der Waals surface area (Å²) in [5.41, 5.74) is 1.18. The number of aromatic nitrogens is 1. The molecule has 0 saturated carbocycles. The van der Waals surface area contributed by atoms with Gasteiger partial charge in [0.15, 0.2) is 0 Å². The van der Waals surface area contributed by atoms with E-state index in [4.69, 9.17) is 0 Å². The molecule has 2 nitrogen and oxygen atoms in total. The fraction of sp³-hybridized carbons (Fsp3) is 0.182. The van der Waals surface area contributed by atoms with Gasteiger partial charge in [0.05, 0.1) is 11.2 Å². The zero-order chi connectivity index (χ0) is 10.1. The molecule has 0 spiro atoms. The predicted molar refractivity (Wildman–Crippen MR) is 52.7 cm³/mol. The molecule has 0 radical (unpaired) electrons. The smallest absolute Gasteiger partial charge is 0.137 e. The molecule has 0 aliphatic heterocycles. The maximum atomic E-state index is 12.9. The Hall–Kier alpha value is -1.64. The van der Waals surface area contributed by atoms with Crippen LogP contribution in [-0.2, 0) is 6.42 Å². The minimum atomic E-state index is -0.308. The molecule has 0 aliphatic rings. The Labute approximate surface area is 81.0 Å². The van der Waals surface area contributed by atoms with E-state index in [9.17, 15) is 9.50 Å². The van der Waals surface area contributed by atoms with Gasteiger partial charge in [0.1, 0.15) is 11.6 Å². The lowest BCUT2D eigenvalue weighted by Gasteiger charge is -2.03. The quantitative estimate of drug-likeness (QED) is 0.751. The minimum absolute atomic E-state index is 0.173. The van der Waals surface area contributed by atoms with Crippen LogP contribution < -0.4 is 0 Å². The molecule has 1 N–H and O–H groups in total. The Morgan fingerprint density at radius 1 is 1.36 bits per heavy atom. The lowest BCUT2D eigenvalue weighted by atomic mass is 10.1. The maximum Gasteiger partial charge on any atom is 0.137 e. The number of rotatable bonds is 1. The van der Waals surface area contributed by atoms with Gasteiger partial charge in [0, 0.05) is 11.5 Å².